The molecule has 1 saturated heterocycles. The summed E-state index contributed by atoms with van der Waals surface area (Å²) in [6.45, 7) is 0. The molecule has 9 heteroatoms. The second-order valence-corrected chi connectivity index (χ2v) is 8.25. The lowest BCUT2D eigenvalue weighted by atomic mass is 10.0. The molecule has 3 atom stereocenters. The third-order valence-corrected chi connectivity index (χ3v) is 6.14. The molecule has 2 fully saturated rings. The zero-order chi connectivity index (χ0) is 22.8. The molecule has 0 radical (unpaired) electrons. The molecule has 0 bridgehead atoms. The van der Waals surface area contributed by atoms with Gasteiger partial charge in [0.05, 0.1) is 18.7 Å². The van der Waals surface area contributed by atoms with Gasteiger partial charge in [-0.05, 0) is 37.1 Å². The number of hydrogen-bond donors (Lipinski definition) is 4. The number of carbonyl (C=O) groups is 2. The fourth-order valence-electron chi connectivity index (χ4n) is 4.48. The van der Waals surface area contributed by atoms with Crippen molar-refractivity contribution in [2.75, 3.05) is 17.7 Å². The molecule has 2 aromatic carbocycles. The quantitative estimate of drug-likeness (QED) is 0.479. The van der Waals surface area contributed by atoms with Crippen LogP contribution in [0.4, 0.5) is 16.3 Å². The van der Waals surface area contributed by atoms with E-state index in [1.54, 1.807) is 42.1 Å². The molecule has 1 aromatic heterocycles. The summed E-state index contributed by atoms with van der Waals surface area (Å²) in [7, 11) is 1.59. The van der Waals surface area contributed by atoms with Crippen molar-refractivity contribution < 1.29 is 14.3 Å². The Labute approximate surface area is 191 Å². The number of nitrogens with one attached hydrogen (secondary N) is 4. The Morgan fingerprint density at radius 1 is 1.09 bits per heavy atom. The number of rotatable bonds is 5. The number of anilines is 2. The number of benzene rings is 2. The van der Waals surface area contributed by atoms with Gasteiger partial charge < -0.3 is 15.4 Å². The number of ether oxygens (including phenoxy) is 1. The minimum absolute atomic E-state index is 0.0137. The molecule has 3 amide bonds. The SMILES string of the molecule is COc1ccc(NC(=O)Nc2cc(-c3ccccc3)nn2C2NC(=O)C3CCCC3N2)cc1. The summed E-state index contributed by atoms with van der Waals surface area (Å²) in [5.41, 5.74) is 2.23. The highest BCUT2D eigenvalue weighted by atomic mass is 16.5. The van der Waals surface area contributed by atoms with Crippen molar-refractivity contribution in [1.29, 1.82) is 0 Å². The molecule has 1 aliphatic carbocycles. The molecule has 3 aromatic rings. The van der Waals surface area contributed by atoms with E-state index in [-0.39, 0.29) is 17.9 Å². The summed E-state index contributed by atoms with van der Waals surface area (Å²) in [6, 6.07) is 18.3. The standard InChI is InChI=1S/C24H26N6O3/c1-33-17-12-10-16(11-13-17)25-24(32)27-21-14-20(15-6-3-2-4-7-15)29-30(21)23-26-19-9-5-8-18(19)22(31)28-23/h2-4,6-7,10-14,18-19,23,26H,5,8-9H2,1H3,(H,28,31)(H2,25,27,32). The van der Waals surface area contributed by atoms with Crippen LogP contribution in [-0.4, -0.2) is 34.9 Å². The first-order valence-electron chi connectivity index (χ1n) is 11.0. The Morgan fingerprint density at radius 3 is 2.64 bits per heavy atom. The molecule has 3 unspecified atom stereocenters. The number of methoxy groups -OCH3 is 1. The van der Waals surface area contributed by atoms with Crippen LogP contribution in [0.2, 0.25) is 0 Å². The van der Waals surface area contributed by atoms with Crippen LogP contribution >= 0.6 is 0 Å². The number of urea groups is 1. The van der Waals surface area contributed by atoms with E-state index in [4.69, 9.17) is 9.84 Å². The molecule has 0 spiro atoms. The highest BCUT2D eigenvalue weighted by molar-refractivity contribution is 5.99. The average molecular weight is 447 g/mol. The molecule has 170 valence electrons. The lowest BCUT2D eigenvalue weighted by molar-refractivity contribution is -0.130. The molecule has 33 heavy (non-hydrogen) atoms. The van der Waals surface area contributed by atoms with Gasteiger partial charge in [0.15, 0.2) is 6.29 Å². The normalized spacial score (nSPS) is 21.7. The molecular weight excluding hydrogens is 420 g/mol. The summed E-state index contributed by atoms with van der Waals surface area (Å²) < 4.78 is 6.78. The molecule has 1 saturated carbocycles. The molecule has 2 heterocycles. The van der Waals surface area contributed by atoms with Gasteiger partial charge in [0.2, 0.25) is 5.91 Å². The Morgan fingerprint density at radius 2 is 1.88 bits per heavy atom. The van der Waals surface area contributed by atoms with Crippen LogP contribution in [0, 0.1) is 5.92 Å². The summed E-state index contributed by atoms with van der Waals surface area (Å²) in [5.74, 6) is 1.18. The van der Waals surface area contributed by atoms with Crippen LogP contribution in [0.15, 0.2) is 60.7 Å². The molecule has 9 nitrogen and oxygen atoms in total. The van der Waals surface area contributed by atoms with Crippen molar-refractivity contribution in [3.63, 3.8) is 0 Å². The zero-order valence-corrected chi connectivity index (χ0v) is 18.2. The molecular formula is C24H26N6O3. The van der Waals surface area contributed by atoms with E-state index in [1.165, 1.54) is 0 Å². The highest BCUT2D eigenvalue weighted by Gasteiger charge is 2.40. The van der Waals surface area contributed by atoms with Gasteiger partial charge in [0.25, 0.3) is 0 Å². The number of carbonyl (C=O) groups excluding carboxylic acids is 2. The first-order valence-corrected chi connectivity index (χ1v) is 11.0. The van der Waals surface area contributed by atoms with Gasteiger partial charge in [-0.1, -0.05) is 36.8 Å². The zero-order valence-electron chi connectivity index (χ0n) is 18.2. The van der Waals surface area contributed by atoms with Crippen molar-refractivity contribution in [3.05, 3.63) is 60.7 Å². The minimum atomic E-state index is -0.550. The van der Waals surface area contributed by atoms with Crippen LogP contribution in [0.25, 0.3) is 11.3 Å². The fourth-order valence-corrected chi connectivity index (χ4v) is 4.48. The van der Waals surface area contributed by atoms with Gasteiger partial charge in [0.1, 0.15) is 11.6 Å². The maximum absolute atomic E-state index is 12.8. The van der Waals surface area contributed by atoms with Crippen LogP contribution < -0.4 is 26.0 Å². The third kappa shape index (κ3) is 4.40. The van der Waals surface area contributed by atoms with E-state index < -0.39 is 12.3 Å². The number of amides is 3. The summed E-state index contributed by atoms with van der Waals surface area (Å²) in [6.07, 6.45) is 2.31. The fraction of sp³-hybridized carbons (Fsp3) is 0.292. The summed E-state index contributed by atoms with van der Waals surface area (Å²) in [5, 5.41) is 16.9. The lowest BCUT2D eigenvalue weighted by Crippen LogP contribution is -2.57. The summed E-state index contributed by atoms with van der Waals surface area (Å²) in [4.78, 5) is 25.4. The molecule has 4 N–H and O–H groups in total. The van der Waals surface area contributed by atoms with E-state index in [9.17, 15) is 9.59 Å². The molecule has 5 rings (SSSR count). The monoisotopic (exact) mass is 446 g/mol. The minimum Gasteiger partial charge on any atom is -0.497 e. The van der Waals surface area contributed by atoms with Crippen molar-refractivity contribution in [2.24, 2.45) is 5.92 Å². The van der Waals surface area contributed by atoms with Crippen molar-refractivity contribution in [3.8, 4) is 17.0 Å². The topological polar surface area (TPSA) is 109 Å². The van der Waals surface area contributed by atoms with Gasteiger partial charge in [-0.3, -0.25) is 15.4 Å². The molecule has 2 aliphatic rings. The third-order valence-electron chi connectivity index (χ3n) is 6.14. The van der Waals surface area contributed by atoms with Gasteiger partial charge in [-0.2, -0.15) is 5.10 Å². The Bertz CT molecular complexity index is 1140. The second-order valence-electron chi connectivity index (χ2n) is 8.25. The lowest BCUT2D eigenvalue weighted by Gasteiger charge is -2.34. The smallest absolute Gasteiger partial charge is 0.324 e. The number of fused-ring (bicyclic) bond motifs is 1. The number of aromatic nitrogens is 2. The van der Waals surface area contributed by atoms with Gasteiger partial charge in [0, 0.05) is 23.4 Å². The maximum atomic E-state index is 12.8. The van der Waals surface area contributed by atoms with Crippen LogP contribution in [0.5, 0.6) is 5.75 Å². The van der Waals surface area contributed by atoms with E-state index in [2.05, 4.69) is 21.3 Å². The van der Waals surface area contributed by atoms with Crippen LogP contribution in [0.3, 0.4) is 0 Å². The van der Waals surface area contributed by atoms with E-state index in [0.29, 0.717) is 22.9 Å². The summed E-state index contributed by atoms with van der Waals surface area (Å²) >= 11 is 0. The number of hydrogen-bond acceptors (Lipinski definition) is 5. The van der Waals surface area contributed by atoms with Gasteiger partial charge >= 0.3 is 6.03 Å². The average Bonchev–Trinajstić information content (AvgIpc) is 3.48. The predicted molar refractivity (Wildman–Crippen MR) is 125 cm³/mol. The first-order chi connectivity index (χ1) is 16.1. The van der Waals surface area contributed by atoms with E-state index in [0.717, 1.165) is 24.8 Å². The van der Waals surface area contributed by atoms with E-state index >= 15 is 0 Å². The van der Waals surface area contributed by atoms with Crippen molar-refractivity contribution in [2.45, 2.75) is 31.6 Å². The molecule has 1 aliphatic heterocycles. The van der Waals surface area contributed by atoms with Crippen molar-refractivity contribution >= 4 is 23.4 Å². The Kier molecular flexibility index (Phi) is 5.70. The van der Waals surface area contributed by atoms with Gasteiger partial charge in [-0.25, -0.2) is 9.48 Å². The predicted octanol–water partition coefficient (Wildman–Crippen LogP) is 3.55. The largest absolute Gasteiger partial charge is 0.497 e. The number of nitrogens with zero attached hydrogens (tertiary/aromatic N) is 2. The first kappa shape index (κ1) is 21.0. The van der Waals surface area contributed by atoms with Crippen LogP contribution in [0.1, 0.15) is 25.6 Å². The second kappa shape index (κ2) is 8.95. The van der Waals surface area contributed by atoms with Gasteiger partial charge in [-0.15, -0.1) is 0 Å². The van der Waals surface area contributed by atoms with Crippen LogP contribution in [-0.2, 0) is 4.79 Å². The highest BCUT2D eigenvalue weighted by Crippen LogP contribution is 2.32. The Balaban J connectivity index is 1.40. The Hall–Kier alpha value is -3.85. The maximum Gasteiger partial charge on any atom is 0.324 e. The van der Waals surface area contributed by atoms with E-state index in [1.807, 2.05) is 30.3 Å². The van der Waals surface area contributed by atoms with Crippen molar-refractivity contribution in [1.82, 2.24) is 20.4 Å².